The van der Waals surface area contributed by atoms with E-state index in [9.17, 15) is 0 Å². The Balaban J connectivity index is -0.000000569. The van der Waals surface area contributed by atoms with Gasteiger partial charge in [-0.2, -0.15) is 0 Å². The van der Waals surface area contributed by atoms with Crippen LogP contribution in [0, 0.1) is 0 Å². The van der Waals surface area contributed by atoms with E-state index >= 15 is 0 Å². The monoisotopic (exact) mass is 544 g/mol. The van der Waals surface area contributed by atoms with Gasteiger partial charge in [0.05, 0.1) is 0 Å². The van der Waals surface area contributed by atoms with Crippen molar-refractivity contribution in [3.05, 3.63) is 46.1 Å². The van der Waals surface area contributed by atoms with Gasteiger partial charge in [-0.05, 0) is 53.4 Å². The summed E-state index contributed by atoms with van der Waals surface area (Å²) in [6.07, 6.45) is 1.97. The van der Waals surface area contributed by atoms with Gasteiger partial charge in [0.1, 0.15) is 0 Å². The summed E-state index contributed by atoms with van der Waals surface area (Å²) >= 11 is 0. The molecule has 4 unspecified atom stereocenters. The summed E-state index contributed by atoms with van der Waals surface area (Å²) in [6, 6.07) is 1.29. The molecule has 0 saturated carbocycles. The van der Waals surface area contributed by atoms with E-state index in [1.54, 1.807) is 0 Å². The van der Waals surface area contributed by atoms with E-state index in [-0.39, 0.29) is 31.6 Å². The van der Waals surface area contributed by atoms with Crippen molar-refractivity contribution in [2.75, 3.05) is 82.6 Å². The van der Waals surface area contributed by atoms with Gasteiger partial charge in [0.15, 0.2) is 0 Å². The van der Waals surface area contributed by atoms with Gasteiger partial charge in [0.25, 0.3) is 0 Å². The van der Waals surface area contributed by atoms with Crippen molar-refractivity contribution in [3.63, 3.8) is 0 Å². The maximum absolute atomic E-state index is 4.61. The zero-order valence-electron chi connectivity index (χ0n) is 25.3. The average molecular weight is 546 g/mol. The summed E-state index contributed by atoms with van der Waals surface area (Å²) in [5.41, 5.74) is 0. The fraction of sp³-hybridized carbons (Fsp3) is 0.846. The van der Waals surface area contributed by atoms with Gasteiger partial charge < -0.3 is 40.9 Å². The molecule has 0 bridgehead atoms. The minimum atomic E-state index is 0. The van der Waals surface area contributed by atoms with E-state index in [2.05, 4.69) is 100 Å². The zero-order chi connectivity index (χ0) is 26.8. The molecular formula is C26H56N8Zn-4. The van der Waals surface area contributed by atoms with Crippen LogP contribution in [0.2, 0.25) is 0 Å². The summed E-state index contributed by atoms with van der Waals surface area (Å²) in [7, 11) is 16.1. The van der Waals surface area contributed by atoms with Crippen molar-refractivity contribution in [3.8, 4) is 0 Å². The molecule has 8 nitrogen and oxygen atoms in total. The van der Waals surface area contributed by atoms with Crippen LogP contribution in [0.25, 0.3) is 21.3 Å². The van der Waals surface area contributed by atoms with Crippen molar-refractivity contribution in [2.45, 2.75) is 64.7 Å². The largest absolute Gasteiger partial charge is 0.659 e. The Morgan fingerprint density at radius 2 is 0.857 bits per heavy atom. The van der Waals surface area contributed by atoms with E-state index in [1.165, 1.54) is 0 Å². The van der Waals surface area contributed by atoms with Gasteiger partial charge in [-0.1, -0.05) is 80.4 Å². The fourth-order valence-corrected chi connectivity index (χ4v) is 2.94. The second-order valence-corrected chi connectivity index (χ2v) is 10.2. The predicted octanol–water partition coefficient (Wildman–Crippen LogP) is 4.99. The molecule has 0 radical (unpaired) electrons. The zero-order valence-corrected chi connectivity index (χ0v) is 28.2. The standard InChI is InChI=1S/2C13H28N4.Zn/c2*1-11(14-8-9-16(4)5)10-12(2)15-13(3)17(6)7;/h2*11-12H,3,8-10H2,1-2,4-7H3;/q2*-2;. The van der Waals surface area contributed by atoms with Gasteiger partial charge >= 0.3 is 0 Å². The Hall–Kier alpha value is -0.857. The first kappa shape index (κ1) is 38.7. The second kappa shape index (κ2) is 22.3. The van der Waals surface area contributed by atoms with Crippen molar-refractivity contribution < 1.29 is 19.5 Å². The number of rotatable bonds is 18. The predicted molar refractivity (Wildman–Crippen MR) is 153 cm³/mol. The van der Waals surface area contributed by atoms with E-state index in [0.29, 0.717) is 12.1 Å². The number of hydrogen-bond donors (Lipinski definition) is 0. The first-order valence-corrected chi connectivity index (χ1v) is 12.4. The molecule has 0 fully saturated rings. The Labute approximate surface area is 232 Å². The molecule has 0 aliphatic carbocycles. The van der Waals surface area contributed by atoms with Crippen molar-refractivity contribution in [2.24, 2.45) is 0 Å². The third-order valence-corrected chi connectivity index (χ3v) is 5.11. The maximum Gasteiger partial charge on any atom is 0 e. The second-order valence-electron chi connectivity index (χ2n) is 10.2. The minimum Gasteiger partial charge on any atom is -0.659 e. The SMILES string of the molecule is C=C([N-]C(C)CC(C)[N-]CCN(C)C)N(C)C.C=C([N-]C(C)CC(C)[N-]CCN(C)C)N(C)C.[Zn]. The van der Waals surface area contributed by atoms with Gasteiger partial charge in [-0.25, -0.2) is 0 Å². The van der Waals surface area contributed by atoms with E-state index in [0.717, 1.165) is 50.7 Å². The Bertz CT molecular complexity index is 479. The summed E-state index contributed by atoms with van der Waals surface area (Å²) < 4.78 is 0. The molecule has 4 atom stereocenters. The molecule has 0 rings (SSSR count). The summed E-state index contributed by atoms with van der Waals surface area (Å²) in [5.74, 6) is 1.66. The Kier molecular flexibility index (Phi) is 24.7. The van der Waals surface area contributed by atoms with Crippen LogP contribution < -0.4 is 0 Å². The maximum atomic E-state index is 4.61. The van der Waals surface area contributed by atoms with E-state index in [4.69, 9.17) is 0 Å². The molecule has 0 aliphatic heterocycles. The smallest absolute Gasteiger partial charge is 0 e. The van der Waals surface area contributed by atoms with Crippen LogP contribution in [0.1, 0.15) is 40.5 Å². The van der Waals surface area contributed by atoms with Crippen molar-refractivity contribution >= 4 is 0 Å². The normalized spacial score (nSPS) is 14.1. The molecule has 0 aromatic rings. The van der Waals surface area contributed by atoms with E-state index < -0.39 is 0 Å². The molecule has 0 saturated heterocycles. The average Bonchev–Trinajstić information content (AvgIpc) is 2.67. The number of nitrogens with zero attached hydrogens (tertiary/aromatic N) is 8. The molecule has 0 aliphatic rings. The van der Waals surface area contributed by atoms with Gasteiger partial charge in [-0.3, -0.25) is 0 Å². The number of hydrogen-bond acceptors (Lipinski definition) is 4. The van der Waals surface area contributed by atoms with Crippen LogP contribution >= 0.6 is 0 Å². The van der Waals surface area contributed by atoms with Crippen LogP contribution in [0.4, 0.5) is 0 Å². The third kappa shape index (κ3) is 26.0. The molecule has 35 heavy (non-hydrogen) atoms. The third-order valence-electron chi connectivity index (χ3n) is 5.11. The van der Waals surface area contributed by atoms with Crippen LogP contribution in [-0.2, 0) is 19.5 Å². The molecule has 0 spiro atoms. The van der Waals surface area contributed by atoms with Gasteiger partial charge in [-0.15, -0.1) is 38.3 Å². The molecule has 9 heteroatoms. The topological polar surface area (TPSA) is 69.4 Å². The quantitative estimate of drug-likeness (QED) is 0.228. The molecule has 0 amide bonds. The van der Waals surface area contributed by atoms with E-state index in [1.807, 2.05) is 38.0 Å². The van der Waals surface area contributed by atoms with Crippen molar-refractivity contribution in [1.82, 2.24) is 19.6 Å². The molecule has 0 aromatic heterocycles. The Morgan fingerprint density at radius 3 is 1.09 bits per heavy atom. The minimum absolute atomic E-state index is 0. The molecule has 206 valence electrons. The summed E-state index contributed by atoms with van der Waals surface area (Å²) in [6.45, 7) is 20.2. The van der Waals surface area contributed by atoms with Crippen LogP contribution in [-0.4, -0.2) is 126 Å². The number of likely N-dealkylation sites (N-methyl/N-ethyl adjacent to an activating group) is 2. The molecular weight excluding hydrogens is 490 g/mol. The van der Waals surface area contributed by atoms with Crippen molar-refractivity contribution in [1.29, 1.82) is 0 Å². The van der Waals surface area contributed by atoms with Gasteiger partial charge in [0.2, 0.25) is 0 Å². The first-order valence-electron chi connectivity index (χ1n) is 12.4. The summed E-state index contributed by atoms with van der Waals surface area (Å²) in [4.78, 5) is 8.17. The van der Waals surface area contributed by atoms with Gasteiger partial charge in [0, 0.05) is 19.5 Å². The molecule has 0 N–H and O–H groups in total. The first-order chi connectivity index (χ1) is 15.6. The molecule has 0 aromatic carbocycles. The molecule has 0 heterocycles. The fourth-order valence-electron chi connectivity index (χ4n) is 2.94. The van der Waals surface area contributed by atoms with Crippen LogP contribution in [0.3, 0.4) is 0 Å². The Morgan fingerprint density at radius 1 is 0.571 bits per heavy atom. The van der Waals surface area contributed by atoms with Crippen LogP contribution in [0.15, 0.2) is 24.8 Å². The van der Waals surface area contributed by atoms with Crippen LogP contribution in [0.5, 0.6) is 0 Å². The summed E-state index contributed by atoms with van der Waals surface area (Å²) in [5, 5.41) is 18.3.